The summed E-state index contributed by atoms with van der Waals surface area (Å²) < 4.78 is 0. The maximum atomic E-state index is 9.66. The van der Waals surface area contributed by atoms with Gasteiger partial charge < -0.3 is 15.9 Å². The Morgan fingerprint density at radius 1 is 0.704 bits per heavy atom. The molecular weight excluding hydrogens is 334 g/mol. The van der Waals surface area contributed by atoms with Gasteiger partial charge in [0.15, 0.2) is 0 Å². The van der Waals surface area contributed by atoms with Crippen molar-refractivity contribution in [1.29, 1.82) is 0 Å². The Morgan fingerprint density at radius 2 is 1.11 bits per heavy atom. The quantitative estimate of drug-likeness (QED) is 0.182. The fourth-order valence-corrected chi connectivity index (χ4v) is 4.01. The van der Waals surface area contributed by atoms with Crippen molar-refractivity contribution < 1.29 is 10.2 Å². The molecule has 0 fully saturated rings. The van der Waals surface area contributed by atoms with Crippen LogP contribution in [0.3, 0.4) is 0 Å². The number of nitrogens with two attached hydrogens (primary N) is 1. The molecule has 27 heavy (non-hydrogen) atoms. The molecule has 3 nitrogen and oxygen atoms in total. The average Bonchev–Trinajstić information content (AvgIpc) is 2.56. The first kappa shape index (κ1) is 26.6. The maximum absolute atomic E-state index is 9.66. The molecule has 162 valence electrons. The maximum Gasteiger partial charge on any atom is 0.0529 e. The normalized spacial score (nSPS) is 16.5. The van der Waals surface area contributed by atoms with Crippen LogP contribution in [0.25, 0.3) is 0 Å². The summed E-state index contributed by atoms with van der Waals surface area (Å²) in [6, 6.07) is 0. The van der Waals surface area contributed by atoms with Gasteiger partial charge in [0.1, 0.15) is 0 Å². The highest BCUT2D eigenvalue weighted by Crippen LogP contribution is 2.24. The third-order valence-corrected chi connectivity index (χ3v) is 5.34. The summed E-state index contributed by atoms with van der Waals surface area (Å²) in [7, 11) is 0. The average molecular weight is 384 g/mol. The van der Waals surface area contributed by atoms with Crippen LogP contribution in [0, 0.1) is 0 Å². The van der Waals surface area contributed by atoms with Crippen LogP contribution in [0.15, 0.2) is 12.2 Å². The smallest absolute Gasteiger partial charge is 0.0529 e. The molecule has 0 aromatic rings. The lowest BCUT2D eigenvalue weighted by Gasteiger charge is -2.32. The molecule has 0 aliphatic heterocycles. The van der Waals surface area contributed by atoms with Crippen LogP contribution in [0.2, 0.25) is 0 Å². The highest BCUT2D eigenvalue weighted by Gasteiger charge is 2.27. The molecule has 0 radical (unpaired) electrons. The topological polar surface area (TPSA) is 66.5 Å². The number of unbranched alkanes of at least 4 members (excludes halogenated alkanes) is 11. The van der Waals surface area contributed by atoms with Gasteiger partial charge in [-0.15, -0.1) is 0 Å². The molecule has 0 aliphatic carbocycles. The molecule has 0 amide bonds. The summed E-state index contributed by atoms with van der Waals surface area (Å²) in [6.07, 6.45) is 22.8. The lowest BCUT2D eigenvalue weighted by molar-refractivity contribution is 0.0985. The van der Waals surface area contributed by atoms with E-state index in [1.54, 1.807) is 13.8 Å². The zero-order valence-electron chi connectivity index (χ0n) is 18.6. The van der Waals surface area contributed by atoms with Gasteiger partial charge >= 0.3 is 0 Å². The number of rotatable bonds is 19. The van der Waals surface area contributed by atoms with Crippen LogP contribution < -0.4 is 5.73 Å². The first-order chi connectivity index (χ1) is 12.9. The van der Waals surface area contributed by atoms with Crippen molar-refractivity contribution in [3.63, 3.8) is 0 Å². The summed E-state index contributed by atoms with van der Waals surface area (Å²) in [6.45, 7) is 5.83. The van der Waals surface area contributed by atoms with E-state index in [2.05, 4.69) is 19.1 Å². The number of aliphatic hydroxyl groups excluding tert-OH is 2. The molecule has 3 heteroatoms. The van der Waals surface area contributed by atoms with Crippen LogP contribution in [0.4, 0.5) is 0 Å². The molecule has 2 atom stereocenters. The fourth-order valence-electron chi connectivity index (χ4n) is 4.01. The van der Waals surface area contributed by atoms with Crippen LogP contribution in [0.5, 0.6) is 0 Å². The summed E-state index contributed by atoms with van der Waals surface area (Å²) in [5.74, 6) is 0. The zero-order chi connectivity index (χ0) is 20.4. The summed E-state index contributed by atoms with van der Waals surface area (Å²) >= 11 is 0. The van der Waals surface area contributed by atoms with Gasteiger partial charge in [-0.3, -0.25) is 0 Å². The van der Waals surface area contributed by atoms with Crippen LogP contribution in [-0.4, -0.2) is 28.0 Å². The van der Waals surface area contributed by atoms with Gasteiger partial charge in [0.2, 0.25) is 0 Å². The van der Waals surface area contributed by atoms with Gasteiger partial charge in [-0.05, 0) is 58.8 Å². The molecule has 0 aromatic heterocycles. The molecule has 0 bridgehead atoms. The fraction of sp³-hybridized carbons (Fsp3) is 0.917. The van der Waals surface area contributed by atoms with E-state index in [0.29, 0.717) is 12.8 Å². The Balaban J connectivity index is 3.58. The number of hydrogen-bond acceptors (Lipinski definition) is 3. The monoisotopic (exact) mass is 383 g/mol. The third-order valence-electron chi connectivity index (χ3n) is 5.34. The van der Waals surface area contributed by atoms with E-state index in [0.717, 1.165) is 12.8 Å². The molecule has 4 N–H and O–H groups in total. The predicted octanol–water partition coefficient (Wildman–Crippen LogP) is 6.26. The largest absolute Gasteiger partial charge is 0.393 e. The zero-order valence-corrected chi connectivity index (χ0v) is 18.6. The first-order valence-electron chi connectivity index (χ1n) is 11.7. The van der Waals surface area contributed by atoms with Gasteiger partial charge in [0.05, 0.1) is 12.2 Å². The van der Waals surface area contributed by atoms with Gasteiger partial charge in [-0.2, -0.15) is 0 Å². The standard InChI is InChI=1S/C24H49NO2/c1-4-5-6-7-8-9-10-11-12-13-14-15-16-17-18-19-24(25,20-22(2)26)21-23(3)27/h11-12,22-23,26-27H,4-10,13-21,25H2,1-3H3. The Hall–Kier alpha value is -0.380. The Morgan fingerprint density at radius 3 is 1.56 bits per heavy atom. The molecular formula is C24H49NO2. The van der Waals surface area contributed by atoms with E-state index in [4.69, 9.17) is 5.73 Å². The van der Waals surface area contributed by atoms with Gasteiger partial charge in [0.25, 0.3) is 0 Å². The summed E-state index contributed by atoms with van der Waals surface area (Å²) in [4.78, 5) is 0. The van der Waals surface area contributed by atoms with Crippen molar-refractivity contribution >= 4 is 0 Å². The number of allylic oxidation sites excluding steroid dienone is 2. The van der Waals surface area contributed by atoms with Gasteiger partial charge in [-0.25, -0.2) is 0 Å². The Labute approximate surface area is 169 Å². The van der Waals surface area contributed by atoms with Crippen molar-refractivity contribution in [2.75, 3.05) is 0 Å². The van der Waals surface area contributed by atoms with Crippen molar-refractivity contribution in [2.24, 2.45) is 5.73 Å². The second-order valence-electron chi connectivity index (χ2n) is 8.80. The minimum Gasteiger partial charge on any atom is -0.393 e. The Kier molecular flexibility index (Phi) is 17.5. The predicted molar refractivity (Wildman–Crippen MR) is 119 cm³/mol. The molecule has 0 saturated heterocycles. The third kappa shape index (κ3) is 18.7. The molecule has 2 unspecified atom stereocenters. The second-order valence-corrected chi connectivity index (χ2v) is 8.80. The molecule has 0 aliphatic rings. The highest BCUT2D eigenvalue weighted by atomic mass is 16.3. The van der Waals surface area contributed by atoms with E-state index in [9.17, 15) is 10.2 Å². The lowest BCUT2D eigenvalue weighted by Crippen LogP contribution is -2.44. The van der Waals surface area contributed by atoms with Crippen LogP contribution in [-0.2, 0) is 0 Å². The van der Waals surface area contributed by atoms with Gasteiger partial charge in [0, 0.05) is 5.54 Å². The van der Waals surface area contributed by atoms with Crippen molar-refractivity contribution in [3.8, 4) is 0 Å². The number of aliphatic hydroxyl groups is 2. The molecule has 0 aromatic carbocycles. The van der Waals surface area contributed by atoms with E-state index in [1.165, 1.54) is 77.0 Å². The lowest BCUT2D eigenvalue weighted by atomic mass is 9.83. The van der Waals surface area contributed by atoms with E-state index in [-0.39, 0.29) is 0 Å². The van der Waals surface area contributed by atoms with Crippen molar-refractivity contribution in [2.45, 2.75) is 141 Å². The van der Waals surface area contributed by atoms with E-state index < -0.39 is 17.7 Å². The number of hydrogen-bond donors (Lipinski definition) is 3. The minimum atomic E-state index is -0.429. The molecule has 0 spiro atoms. The van der Waals surface area contributed by atoms with Crippen LogP contribution in [0.1, 0.15) is 124 Å². The van der Waals surface area contributed by atoms with E-state index in [1.807, 2.05) is 0 Å². The van der Waals surface area contributed by atoms with Gasteiger partial charge in [-0.1, -0.05) is 76.9 Å². The first-order valence-corrected chi connectivity index (χ1v) is 11.7. The van der Waals surface area contributed by atoms with Crippen LogP contribution >= 0.6 is 0 Å². The highest BCUT2D eigenvalue weighted by molar-refractivity contribution is 4.87. The Bertz CT molecular complexity index is 329. The van der Waals surface area contributed by atoms with Crippen molar-refractivity contribution in [3.05, 3.63) is 12.2 Å². The molecule has 0 saturated carbocycles. The second kappa shape index (κ2) is 17.7. The minimum absolute atomic E-state index is 0.406. The molecule has 0 heterocycles. The SMILES string of the molecule is CCCCCCCCC=CCCCCCCCC(N)(CC(C)O)CC(C)O. The summed E-state index contributed by atoms with van der Waals surface area (Å²) in [5.41, 5.74) is 6.00. The molecule has 0 rings (SSSR count). The van der Waals surface area contributed by atoms with Crippen molar-refractivity contribution in [1.82, 2.24) is 0 Å². The van der Waals surface area contributed by atoms with E-state index >= 15 is 0 Å². The summed E-state index contributed by atoms with van der Waals surface area (Å²) in [5, 5.41) is 19.3.